The van der Waals surface area contributed by atoms with E-state index in [2.05, 4.69) is 59.3 Å². The Balaban J connectivity index is 1.18. The highest BCUT2D eigenvalue weighted by Crippen LogP contribution is 2.76. The highest BCUT2D eigenvalue weighted by atomic mass is 16.3. The molecule has 8 aromatic rings. The lowest BCUT2D eigenvalue weighted by molar-refractivity contribution is 0.00321. The zero-order valence-electron chi connectivity index (χ0n) is 27.6. The lowest BCUT2D eigenvalue weighted by Crippen LogP contribution is -2.41. The van der Waals surface area contributed by atoms with E-state index in [1.807, 2.05) is 0 Å². The van der Waals surface area contributed by atoms with Gasteiger partial charge in [0, 0.05) is 50.2 Å². The summed E-state index contributed by atoms with van der Waals surface area (Å²) in [5.74, 6) is 6.08. The Morgan fingerprint density at radius 3 is 2.18 bits per heavy atom. The van der Waals surface area contributed by atoms with Gasteiger partial charge in [-0.15, -0.1) is 0 Å². The molecule has 5 fully saturated rings. The van der Waals surface area contributed by atoms with Gasteiger partial charge in [0.1, 0.15) is 11.2 Å². The Morgan fingerprint density at radius 2 is 1.33 bits per heavy atom. The molecule has 7 unspecified atom stereocenters. The van der Waals surface area contributed by atoms with E-state index in [9.17, 15) is 0 Å². The summed E-state index contributed by atoms with van der Waals surface area (Å²) in [6, 6.07) is 16.0. The molecular weight excluding hydrogens is 599 g/mol. The standard InChI is InChI=1S/C45H37N3O/c1-3-22-4-2-6-34-35(22)29(5-1)30-15-31-38-32(18-47-42-26-13-28-14-27-12-25(37(38)42)16-45(27,28)17-26)48-33-19-46-41-24-10-20-7-21(11-24)9-23(8-20)36(41)39(33)40(43(31)48)44(30)49-34/h1-6,15,18-21,23-28H,7-14,16-17H2. The molecule has 7 atom stereocenters. The van der Waals surface area contributed by atoms with Gasteiger partial charge in [-0.2, -0.15) is 0 Å². The van der Waals surface area contributed by atoms with E-state index in [1.165, 1.54) is 135 Å². The fourth-order valence-corrected chi connectivity index (χ4v) is 15.0. The molecule has 4 heteroatoms. The fourth-order valence-electron chi connectivity index (χ4n) is 15.0. The largest absolute Gasteiger partial charge is 0.455 e. The second-order valence-corrected chi connectivity index (χ2v) is 18.2. The molecule has 3 aromatic carbocycles. The smallest absolute Gasteiger partial charge is 0.145 e. The molecule has 5 saturated carbocycles. The minimum absolute atomic E-state index is 0.598. The van der Waals surface area contributed by atoms with Crippen molar-refractivity contribution < 1.29 is 4.42 Å². The number of nitrogens with zero attached hydrogens (tertiary/aromatic N) is 3. The van der Waals surface area contributed by atoms with Gasteiger partial charge in [0.25, 0.3) is 0 Å². The molecule has 8 aliphatic carbocycles. The van der Waals surface area contributed by atoms with Crippen molar-refractivity contribution in [2.75, 3.05) is 0 Å². The third-order valence-corrected chi connectivity index (χ3v) is 16.4. The van der Waals surface area contributed by atoms with Crippen LogP contribution in [0.25, 0.3) is 70.8 Å². The number of hydrogen-bond donors (Lipinski definition) is 0. The Hall–Kier alpha value is -4.18. The number of pyridine rings is 2. The van der Waals surface area contributed by atoms with E-state index >= 15 is 0 Å². The predicted molar refractivity (Wildman–Crippen MR) is 195 cm³/mol. The maximum atomic E-state index is 7.22. The van der Waals surface area contributed by atoms with Crippen molar-refractivity contribution in [1.29, 1.82) is 0 Å². The van der Waals surface area contributed by atoms with Gasteiger partial charge < -0.3 is 8.82 Å². The normalized spacial score (nSPS) is 35.0. The Bertz CT molecular complexity index is 2860. The van der Waals surface area contributed by atoms with E-state index in [0.29, 0.717) is 29.1 Å². The maximum absolute atomic E-state index is 7.22. The molecule has 0 aliphatic heterocycles. The minimum atomic E-state index is 0.598. The molecule has 7 bridgehead atoms. The zero-order chi connectivity index (χ0) is 31.1. The number of rotatable bonds is 0. The lowest BCUT2D eigenvalue weighted by atomic mass is 9.56. The lowest BCUT2D eigenvalue weighted by Gasteiger charge is -2.48. The van der Waals surface area contributed by atoms with Gasteiger partial charge in [-0.05, 0) is 139 Å². The molecule has 1 spiro atoms. The summed E-state index contributed by atoms with van der Waals surface area (Å²) in [6.45, 7) is 0. The van der Waals surface area contributed by atoms with Gasteiger partial charge in [0.05, 0.1) is 34.3 Å². The molecule has 49 heavy (non-hydrogen) atoms. The van der Waals surface area contributed by atoms with Crippen LogP contribution in [0.4, 0.5) is 0 Å². The predicted octanol–water partition coefficient (Wildman–Crippen LogP) is 11.5. The summed E-state index contributed by atoms with van der Waals surface area (Å²) in [5.41, 5.74) is 12.7. The number of benzene rings is 3. The van der Waals surface area contributed by atoms with Gasteiger partial charge >= 0.3 is 0 Å². The highest BCUT2D eigenvalue weighted by Gasteiger charge is 2.66. The van der Waals surface area contributed by atoms with Crippen LogP contribution in [-0.4, -0.2) is 14.4 Å². The summed E-state index contributed by atoms with van der Waals surface area (Å²) < 4.78 is 9.84. The molecular formula is C45H37N3O. The molecule has 5 aromatic heterocycles. The third kappa shape index (κ3) is 2.60. The van der Waals surface area contributed by atoms with Crippen LogP contribution < -0.4 is 0 Å². The second kappa shape index (κ2) is 7.75. The Labute approximate surface area is 283 Å². The van der Waals surface area contributed by atoms with E-state index in [-0.39, 0.29) is 0 Å². The fraction of sp³-hybridized carbons (Fsp3) is 0.422. The van der Waals surface area contributed by atoms with Crippen LogP contribution in [0.5, 0.6) is 0 Å². The van der Waals surface area contributed by atoms with Crippen molar-refractivity contribution >= 4 is 70.8 Å². The molecule has 4 nitrogen and oxygen atoms in total. The third-order valence-electron chi connectivity index (χ3n) is 16.4. The quantitative estimate of drug-likeness (QED) is 0.123. The van der Waals surface area contributed by atoms with Crippen LogP contribution in [-0.2, 0) is 0 Å². The van der Waals surface area contributed by atoms with Gasteiger partial charge in [0.2, 0.25) is 0 Å². The minimum Gasteiger partial charge on any atom is -0.455 e. The first kappa shape index (κ1) is 24.9. The van der Waals surface area contributed by atoms with E-state index < -0.39 is 0 Å². The van der Waals surface area contributed by atoms with Crippen molar-refractivity contribution in [3.05, 3.63) is 77.4 Å². The Morgan fingerprint density at radius 1 is 0.612 bits per heavy atom. The molecule has 0 amide bonds. The highest BCUT2D eigenvalue weighted by molar-refractivity contribution is 6.34. The van der Waals surface area contributed by atoms with Gasteiger partial charge in [-0.1, -0.05) is 30.3 Å². The van der Waals surface area contributed by atoms with Crippen LogP contribution in [0.15, 0.2) is 59.3 Å². The van der Waals surface area contributed by atoms with Gasteiger partial charge in [-0.25, -0.2) is 0 Å². The number of hydrogen-bond acceptors (Lipinski definition) is 3. The summed E-state index contributed by atoms with van der Waals surface area (Å²) in [7, 11) is 0. The first-order chi connectivity index (χ1) is 24.2. The Kier molecular flexibility index (Phi) is 3.93. The number of fused-ring (bicyclic) bond motifs is 15. The molecule has 0 N–H and O–H groups in total. The van der Waals surface area contributed by atoms with E-state index in [1.54, 1.807) is 11.1 Å². The zero-order valence-corrected chi connectivity index (χ0v) is 27.6. The SMILES string of the molecule is c1cc2cccc3c4cc5c6c7c(ncc6n6c8cnc9c(c8c(c4oc(c1)c23)c56)C1CC2CC(CC9C2)C1)C1CC2CC3CC7CC23C1. The van der Waals surface area contributed by atoms with Gasteiger partial charge in [0.15, 0.2) is 0 Å². The molecule has 8 aliphatic rings. The monoisotopic (exact) mass is 635 g/mol. The van der Waals surface area contributed by atoms with Crippen molar-refractivity contribution in [3.8, 4) is 0 Å². The molecule has 16 rings (SSSR count). The van der Waals surface area contributed by atoms with Crippen LogP contribution in [0.2, 0.25) is 0 Å². The second-order valence-electron chi connectivity index (χ2n) is 18.2. The summed E-state index contributed by atoms with van der Waals surface area (Å²) in [5, 5.41) is 10.8. The van der Waals surface area contributed by atoms with E-state index in [0.717, 1.165) is 34.8 Å². The first-order valence-corrected chi connectivity index (χ1v) is 19.5. The summed E-state index contributed by atoms with van der Waals surface area (Å²) in [4.78, 5) is 11.0. The van der Waals surface area contributed by atoms with Crippen LogP contribution in [0.1, 0.15) is 110 Å². The molecule has 5 heterocycles. The number of aromatic nitrogens is 3. The van der Waals surface area contributed by atoms with Crippen molar-refractivity contribution in [1.82, 2.24) is 14.4 Å². The summed E-state index contributed by atoms with van der Waals surface area (Å²) >= 11 is 0. The van der Waals surface area contributed by atoms with Crippen LogP contribution in [0, 0.1) is 29.1 Å². The van der Waals surface area contributed by atoms with Crippen LogP contribution >= 0.6 is 0 Å². The maximum Gasteiger partial charge on any atom is 0.145 e. The average molecular weight is 636 g/mol. The molecule has 238 valence electrons. The topological polar surface area (TPSA) is 43.3 Å². The van der Waals surface area contributed by atoms with Crippen molar-refractivity contribution in [2.24, 2.45) is 29.1 Å². The molecule has 0 saturated heterocycles. The van der Waals surface area contributed by atoms with Gasteiger partial charge in [-0.3, -0.25) is 9.97 Å². The van der Waals surface area contributed by atoms with Crippen molar-refractivity contribution in [3.63, 3.8) is 0 Å². The van der Waals surface area contributed by atoms with Crippen LogP contribution in [0.3, 0.4) is 0 Å². The first-order valence-electron chi connectivity index (χ1n) is 19.5. The van der Waals surface area contributed by atoms with E-state index in [4.69, 9.17) is 14.4 Å². The average Bonchev–Trinajstić information content (AvgIpc) is 3.76. The summed E-state index contributed by atoms with van der Waals surface area (Å²) in [6.07, 6.45) is 18.3. The van der Waals surface area contributed by atoms with Crippen molar-refractivity contribution in [2.45, 2.75) is 87.9 Å². The molecule has 0 radical (unpaired) electrons.